The topological polar surface area (TPSA) is 70.5 Å². The third-order valence-electron chi connectivity index (χ3n) is 2.60. The fourth-order valence-electron chi connectivity index (χ4n) is 1.70. The number of carbonyl (C=O) groups excluding carboxylic acids is 1. The molecule has 1 aromatic heterocycles. The largest absolute Gasteiger partial charge is 0.478 e. The predicted octanol–water partition coefficient (Wildman–Crippen LogP) is 1.57. The van der Waals surface area contributed by atoms with E-state index in [1.165, 1.54) is 17.0 Å². The number of aromatic carboxylic acids is 1. The standard InChI is InChI=1S/C14H16N2O3/c1-4-8-16(9-5-2)13(17)12-7-6-11(14(18)19)10(3)15-12/h1,6-7H,5,8-9H2,2-3H3,(H,18,19). The number of carboxylic acid groups (broad SMARTS) is 1. The van der Waals surface area contributed by atoms with Gasteiger partial charge in [-0.3, -0.25) is 4.79 Å². The molecule has 1 amide bonds. The summed E-state index contributed by atoms with van der Waals surface area (Å²) >= 11 is 0. The normalized spacial score (nSPS) is 9.74. The third-order valence-corrected chi connectivity index (χ3v) is 2.60. The lowest BCUT2D eigenvalue weighted by molar-refractivity contribution is 0.0692. The lowest BCUT2D eigenvalue weighted by atomic mass is 10.1. The van der Waals surface area contributed by atoms with E-state index in [0.717, 1.165) is 6.42 Å². The van der Waals surface area contributed by atoms with Crippen molar-refractivity contribution in [1.82, 2.24) is 9.88 Å². The van der Waals surface area contributed by atoms with Gasteiger partial charge in [0.25, 0.3) is 5.91 Å². The first-order valence-electron chi connectivity index (χ1n) is 5.95. The molecule has 0 spiro atoms. The molecule has 0 bridgehead atoms. The highest BCUT2D eigenvalue weighted by Gasteiger charge is 2.17. The van der Waals surface area contributed by atoms with Crippen molar-refractivity contribution < 1.29 is 14.7 Å². The Morgan fingerprint density at radius 1 is 1.47 bits per heavy atom. The highest BCUT2D eigenvalue weighted by Crippen LogP contribution is 2.09. The predicted molar refractivity (Wildman–Crippen MR) is 71.0 cm³/mol. The van der Waals surface area contributed by atoms with Crippen LogP contribution in [0.25, 0.3) is 0 Å². The average molecular weight is 260 g/mol. The van der Waals surface area contributed by atoms with Crippen LogP contribution in [0.2, 0.25) is 0 Å². The van der Waals surface area contributed by atoms with Gasteiger partial charge < -0.3 is 10.0 Å². The number of aromatic nitrogens is 1. The molecule has 1 rings (SSSR count). The quantitative estimate of drug-likeness (QED) is 0.816. The van der Waals surface area contributed by atoms with E-state index < -0.39 is 5.97 Å². The Balaban J connectivity index is 3.02. The van der Waals surface area contributed by atoms with Gasteiger partial charge in [0.15, 0.2) is 0 Å². The van der Waals surface area contributed by atoms with E-state index in [1.54, 1.807) is 6.92 Å². The minimum Gasteiger partial charge on any atom is -0.478 e. The molecule has 100 valence electrons. The highest BCUT2D eigenvalue weighted by atomic mass is 16.4. The van der Waals surface area contributed by atoms with Crippen LogP contribution in [-0.4, -0.2) is 40.0 Å². The Kier molecular flexibility index (Phi) is 5.07. The molecule has 0 aliphatic heterocycles. The fourth-order valence-corrected chi connectivity index (χ4v) is 1.70. The van der Waals surface area contributed by atoms with Gasteiger partial charge in [0.2, 0.25) is 0 Å². The number of pyridine rings is 1. The van der Waals surface area contributed by atoms with Crippen LogP contribution in [-0.2, 0) is 0 Å². The summed E-state index contributed by atoms with van der Waals surface area (Å²) in [6, 6.07) is 2.80. The van der Waals surface area contributed by atoms with Crippen LogP contribution in [0.15, 0.2) is 12.1 Å². The van der Waals surface area contributed by atoms with Crippen molar-refractivity contribution in [2.45, 2.75) is 20.3 Å². The Morgan fingerprint density at radius 3 is 2.63 bits per heavy atom. The van der Waals surface area contributed by atoms with E-state index in [1.807, 2.05) is 6.92 Å². The molecule has 5 nitrogen and oxygen atoms in total. The molecule has 0 aliphatic rings. The van der Waals surface area contributed by atoms with Crippen LogP contribution < -0.4 is 0 Å². The number of hydrogen-bond acceptors (Lipinski definition) is 3. The molecule has 0 saturated carbocycles. The maximum Gasteiger partial charge on any atom is 0.337 e. The van der Waals surface area contributed by atoms with Crippen LogP contribution >= 0.6 is 0 Å². The van der Waals surface area contributed by atoms with E-state index in [9.17, 15) is 9.59 Å². The molecule has 0 saturated heterocycles. The van der Waals surface area contributed by atoms with Crippen LogP contribution in [0.3, 0.4) is 0 Å². The zero-order valence-electron chi connectivity index (χ0n) is 11.0. The van der Waals surface area contributed by atoms with Crippen LogP contribution in [0.5, 0.6) is 0 Å². The molecular formula is C14H16N2O3. The van der Waals surface area contributed by atoms with Crippen molar-refractivity contribution in [3.8, 4) is 12.3 Å². The molecule has 0 aliphatic carbocycles. The van der Waals surface area contributed by atoms with Crippen LogP contribution in [0.1, 0.15) is 39.9 Å². The monoisotopic (exact) mass is 260 g/mol. The van der Waals surface area contributed by atoms with E-state index >= 15 is 0 Å². The SMILES string of the molecule is C#CCN(CCC)C(=O)c1ccc(C(=O)O)c(C)n1. The highest BCUT2D eigenvalue weighted by molar-refractivity contribution is 5.94. The molecule has 0 atom stereocenters. The number of carbonyl (C=O) groups is 2. The number of amides is 1. The Hall–Kier alpha value is -2.35. The summed E-state index contributed by atoms with van der Waals surface area (Å²) in [7, 11) is 0. The van der Waals surface area contributed by atoms with Gasteiger partial charge in [0.1, 0.15) is 5.69 Å². The summed E-state index contributed by atoms with van der Waals surface area (Å²) in [5, 5.41) is 8.91. The van der Waals surface area contributed by atoms with Crippen molar-refractivity contribution >= 4 is 11.9 Å². The summed E-state index contributed by atoms with van der Waals surface area (Å²) in [4.78, 5) is 28.6. The zero-order chi connectivity index (χ0) is 14.4. The number of terminal acetylenes is 1. The van der Waals surface area contributed by atoms with Gasteiger partial charge in [-0.15, -0.1) is 6.42 Å². The van der Waals surface area contributed by atoms with Gasteiger partial charge in [0.05, 0.1) is 17.8 Å². The van der Waals surface area contributed by atoms with E-state index in [2.05, 4.69) is 10.9 Å². The maximum atomic E-state index is 12.2. The Morgan fingerprint density at radius 2 is 2.16 bits per heavy atom. The number of aryl methyl sites for hydroxylation is 1. The summed E-state index contributed by atoms with van der Waals surface area (Å²) < 4.78 is 0. The fraction of sp³-hybridized carbons (Fsp3) is 0.357. The van der Waals surface area contributed by atoms with Crippen LogP contribution in [0, 0.1) is 19.3 Å². The maximum absolute atomic E-state index is 12.2. The number of nitrogens with zero attached hydrogens (tertiary/aromatic N) is 2. The summed E-state index contributed by atoms with van der Waals surface area (Å²) in [5.74, 6) is 1.10. The van der Waals surface area contributed by atoms with Gasteiger partial charge in [-0.1, -0.05) is 12.8 Å². The third kappa shape index (κ3) is 3.55. The molecule has 0 unspecified atom stereocenters. The van der Waals surface area contributed by atoms with E-state index in [-0.39, 0.29) is 23.7 Å². The first kappa shape index (κ1) is 14.7. The van der Waals surface area contributed by atoms with Crippen molar-refractivity contribution in [2.24, 2.45) is 0 Å². The van der Waals surface area contributed by atoms with E-state index in [4.69, 9.17) is 11.5 Å². The lowest BCUT2D eigenvalue weighted by Crippen LogP contribution is -2.33. The lowest BCUT2D eigenvalue weighted by Gasteiger charge is -2.19. The second kappa shape index (κ2) is 6.55. The Labute approximate surface area is 112 Å². The number of carboxylic acids is 1. The Bertz CT molecular complexity index is 532. The van der Waals surface area contributed by atoms with Crippen molar-refractivity contribution in [1.29, 1.82) is 0 Å². The minimum absolute atomic E-state index is 0.0931. The summed E-state index contributed by atoms with van der Waals surface area (Å²) in [5.41, 5.74) is 0.622. The molecular weight excluding hydrogens is 244 g/mol. The van der Waals surface area contributed by atoms with E-state index in [0.29, 0.717) is 12.2 Å². The van der Waals surface area contributed by atoms with Gasteiger partial charge in [-0.25, -0.2) is 9.78 Å². The molecule has 0 fully saturated rings. The van der Waals surface area contributed by atoms with Gasteiger partial charge in [-0.2, -0.15) is 0 Å². The van der Waals surface area contributed by atoms with Crippen molar-refractivity contribution in [3.05, 3.63) is 29.1 Å². The molecule has 5 heteroatoms. The second-order valence-electron chi connectivity index (χ2n) is 4.07. The smallest absolute Gasteiger partial charge is 0.337 e. The second-order valence-corrected chi connectivity index (χ2v) is 4.07. The summed E-state index contributed by atoms with van der Waals surface area (Å²) in [6.07, 6.45) is 6.02. The average Bonchev–Trinajstić information content (AvgIpc) is 2.37. The first-order chi connectivity index (χ1) is 9.01. The van der Waals surface area contributed by atoms with Gasteiger partial charge in [-0.05, 0) is 25.5 Å². The van der Waals surface area contributed by atoms with Crippen molar-refractivity contribution in [3.63, 3.8) is 0 Å². The molecule has 1 N–H and O–H groups in total. The summed E-state index contributed by atoms with van der Waals surface area (Å²) in [6.45, 7) is 4.27. The molecule has 1 heterocycles. The van der Waals surface area contributed by atoms with Crippen molar-refractivity contribution in [2.75, 3.05) is 13.1 Å². The number of hydrogen-bond donors (Lipinski definition) is 1. The van der Waals surface area contributed by atoms with Gasteiger partial charge in [0, 0.05) is 6.54 Å². The van der Waals surface area contributed by atoms with Crippen LogP contribution in [0.4, 0.5) is 0 Å². The molecule has 19 heavy (non-hydrogen) atoms. The molecule has 0 radical (unpaired) electrons. The molecule has 0 aromatic carbocycles. The number of rotatable bonds is 5. The minimum atomic E-state index is -1.06. The van der Waals surface area contributed by atoms with Gasteiger partial charge >= 0.3 is 5.97 Å². The first-order valence-corrected chi connectivity index (χ1v) is 5.95. The molecule has 1 aromatic rings. The zero-order valence-corrected chi connectivity index (χ0v) is 11.0.